The van der Waals surface area contributed by atoms with Gasteiger partial charge in [-0.15, -0.1) is 0 Å². The maximum Gasteiger partial charge on any atom is 0.328 e. The molecule has 2 unspecified atom stereocenters. The molecule has 0 spiro atoms. The minimum atomic E-state index is -0.396. The van der Waals surface area contributed by atoms with Crippen LogP contribution in [0.5, 0.6) is 11.5 Å². The summed E-state index contributed by atoms with van der Waals surface area (Å²) in [7, 11) is 5.60. The van der Waals surface area contributed by atoms with E-state index in [9.17, 15) is 9.59 Å². The lowest BCUT2D eigenvalue weighted by Crippen LogP contribution is -2.47. The molecule has 3 amide bonds. The van der Waals surface area contributed by atoms with Gasteiger partial charge in [-0.1, -0.05) is 17.7 Å². The zero-order chi connectivity index (χ0) is 23.5. The van der Waals surface area contributed by atoms with Crippen molar-refractivity contribution < 1.29 is 19.1 Å². The number of anilines is 1. The number of nitrogens with zero attached hydrogens (tertiary/aromatic N) is 2. The van der Waals surface area contributed by atoms with Gasteiger partial charge in [-0.05, 0) is 62.7 Å². The minimum Gasteiger partial charge on any atom is -0.501 e. The molecule has 1 saturated heterocycles. The summed E-state index contributed by atoms with van der Waals surface area (Å²) < 4.78 is 10.9. The minimum absolute atomic E-state index is 0.0160. The van der Waals surface area contributed by atoms with Gasteiger partial charge in [0.05, 0.1) is 12.0 Å². The SMILES string of the molecule is [B]C(C)Oc1ccc(OCC(=O)NC2CC(N3CCN(c4ccc(C)cc4)C3=O)=C2C)cc1. The number of nitrogens with one attached hydrogen (secondary N) is 1. The highest BCUT2D eigenvalue weighted by atomic mass is 16.5. The van der Waals surface area contributed by atoms with E-state index in [2.05, 4.69) is 5.32 Å². The van der Waals surface area contributed by atoms with Crippen LogP contribution in [0.25, 0.3) is 0 Å². The second kappa shape index (κ2) is 9.61. The Morgan fingerprint density at radius 1 is 1.06 bits per heavy atom. The van der Waals surface area contributed by atoms with Crippen LogP contribution in [0, 0.1) is 6.92 Å². The molecular weight excluding hydrogens is 417 g/mol. The summed E-state index contributed by atoms with van der Waals surface area (Å²) in [5, 5.41) is 2.98. The molecule has 2 atom stereocenters. The molecule has 0 aromatic heterocycles. The van der Waals surface area contributed by atoms with Crippen molar-refractivity contribution >= 4 is 25.5 Å². The maximum atomic E-state index is 12.9. The van der Waals surface area contributed by atoms with Crippen molar-refractivity contribution in [2.45, 2.75) is 39.2 Å². The lowest BCUT2D eigenvalue weighted by molar-refractivity contribution is -0.123. The topological polar surface area (TPSA) is 71.1 Å². The monoisotopic (exact) mass is 445 g/mol. The summed E-state index contributed by atoms with van der Waals surface area (Å²) in [5.74, 6) is 1.01. The summed E-state index contributed by atoms with van der Waals surface area (Å²) >= 11 is 0. The van der Waals surface area contributed by atoms with Crippen molar-refractivity contribution in [2.75, 3.05) is 24.6 Å². The number of amides is 3. The quantitative estimate of drug-likeness (QED) is 0.633. The number of urea groups is 1. The highest BCUT2D eigenvalue weighted by Crippen LogP contribution is 2.34. The average molecular weight is 445 g/mol. The Morgan fingerprint density at radius 2 is 1.70 bits per heavy atom. The Bertz CT molecular complexity index is 1050. The smallest absolute Gasteiger partial charge is 0.328 e. The number of hydrogen-bond acceptors (Lipinski definition) is 4. The predicted octanol–water partition coefficient (Wildman–Crippen LogP) is 3.37. The van der Waals surface area contributed by atoms with Crippen LogP contribution in [0.3, 0.4) is 0 Å². The Kier molecular flexibility index (Phi) is 6.63. The van der Waals surface area contributed by atoms with Crippen molar-refractivity contribution in [3.8, 4) is 11.5 Å². The number of benzene rings is 2. The van der Waals surface area contributed by atoms with E-state index >= 15 is 0 Å². The van der Waals surface area contributed by atoms with E-state index in [0.717, 1.165) is 22.5 Å². The van der Waals surface area contributed by atoms with E-state index in [4.69, 9.17) is 17.3 Å². The van der Waals surface area contributed by atoms with E-state index in [1.54, 1.807) is 36.1 Å². The Hall–Kier alpha value is -3.42. The number of carbonyl (C=O) groups excluding carboxylic acids is 2. The summed E-state index contributed by atoms with van der Waals surface area (Å²) in [6, 6.07) is 14.4. The lowest BCUT2D eigenvalue weighted by Gasteiger charge is -2.36. The number of aryl methyl sites for hydroxylation is 1. The third-order valence-corrected chi connectivity index (χ3v) is 5.91. The van der Waals surface area contributed by atoms with Gasteiger partial charge < -0.3 is 14.8 Å². The molecule has 0 saturated carbocycles. The van der Waals surface area contributed by atoms with Gasteiger partial charge in [0.1, 0.15) is 19.3 Å². The Balaban J connectivity index is 1.27. The molecule has 8 heteroatoms. The van der Waals surface area contributed by atoms with E-state index < -0.39 is 6.00 Å². The molecule has 1 aliphatic carbocycles. The summed E-state index contributed by atoms with van der Waals surface area (Å²) in [6.45, 7) is 6.94. The zero-order valence-corrected chi connectivity index (χ0v) is 19.2. The molecule has 0 bridgehead atoms. The molecule has 1 N–H and O–H groups in total. The first-order valence-corrected chi connectivity index (χ1v) is 11.1. The molecule has 2 aliphatic rings. The van der Waals surface area contributed by atoms with Crippen LogP contribution in [0.4, 0.5) is 10.5 Å². The number of ether oxygens (including phenoxy) is 2. The summed E-state index contributed by atoms with van der Waals surface area (Å²) in [6.07, 6.45) is 0.633. The van der Waals surface area contributed by atoms with E-state index in [-0.39, 0.29) is 24.6 Å². The first-order chi connectivity index (χ1) is 15.8. The zero-order valence-electron chi connectivity index (χ0n) is 19.2. The normalized spacial score (nSPS) is 18.8. The van der Waals surface area contributed by atoms with Crippen LogP contribution in [0.15, 0.2) is 59.8 Å². The molecule has 7 nitrogen and oxygen atoms in total. The molecule has 1 heterocycles. The van der Waals surface area contributed by atoms with E-state index in [0.29, 0.717) is 31.0 Å². The molecule has 4 rings (SSSR count). The van der Waals surface area contributed by atoms with Gasteiger partial charge >= 0.3 is 6.03 Å². The Morgan fingerprint density at radius 3 is 2.33 bits per heavy atom. The summed E-state index contributed by atoms with van der Waals surface area (Å²) in [4.78, 5) is 28.9. The molecule has 33 heavy (non-hydrogen) atoms. The largest absolute Gasteiger partial charge is 0.501 e. The first-order valence-electron chi connectivity index (χ1n) is 11.1. The Labute approximate surface area is 195 Å². The van der Waals surface area contributed by atoms with Crippen molar-refractivity contribution in [1.82, 2.24) is 10.2 Å². The maximum absolute atomic E-state index is 12.9. The lowest BCUT2D eigenvalue weighted by atomic mass is 9.88. The second-order valence-electron chi connectivity index (χ2n) is 8.46. The highest BCUT2D eigenvalue weighted by molar-refractivity contribution is 6.10. The van der Waals surface area contributed by atoms with Crippen molar-refractivity contribution in [1.29, 1.82) is 0 Å². The highest BCUT2D eigenvalue weighted by Gasteiger charge is 2.38. The predicted molar refractivity (Wildman–Crippen MR) is 128 cm³/mol. The molecule has 2 aromatic rings. The van der Waals surface area contributed by atoms with Gasteiger partial charge in [-0.2, -0.15) is 0 Å². The molecule has 2 aromatic carbocycles. The van der Waals surface area contributed by atoms with Gasteiger partial charge in [-0.3, -0.25) is 14.6 Å². The fourth-order valence-corrected chi connectivity index (χ4v) is 4.03. The van der Waals surface area contributed by atoms with Crippen LogP contribution in [-0.4, -0.2) is 56.4 Å². The third kappa shape index (κ3) is 5.16. The van der Waals surface area contributed by atoms with Gasteiger partial charge in [0.25, 0.3) is 5.91 Å². The van der Waals surface area contributed by atoms with Gasteiger partial charge in [-0.25, -0.2) is 4.79 Å². The van der Waals surface area contributed by atoms with Gasteiger partial charge in [0, 0.05) is 30.9 Å². The number of carbonyl (C=O) groups is 2. The van der Waals surface area contributed by atoms with Crippen molar-refractivity contribution in [2.24, 2.45) is 0 Å². The third-order valence-electron chi connectivity index (χ3n) is 5.91. The molecule has 170 valence electrons. The second-order valence-corrected chi connectivity index (χ2v) is 8.46. The van der Waals surface area contributed by atoms with Crippen molar-refractivity contribution in [3.05, 3.63) is 65.4 Å². The molecule has 2 radical (unpaired) electrons. The van der Waals surface area contributed by atoms with Crippen LogP contribution >= 0.6 is 0 Å². The number of hydrogen-bond donors (Lipinski definition) is 1. The number of rotatable bonds is 8. The molecule has 1 fully saturated rings. The first kappa shape index (κ1) is 22.8. The van der Waals surface area contributed by atoms with Crippen LogP contribution < -0.4 is 19.7 Å². The van der Waals surface area contributed by atoms with Gasteiger partial charge in [0.15, 0.2) is 6.61 Å². The standard InChI is InChI=1S/C25H28BN3O4/c1-16-4-6-19(7-5-16)28-12-13-29(25(28)31)23-14-22(17(23)2)27-24(30)15-32-20-8-10-21(11-9-20)33-18(3)26/h4-11,18,22H,12-15H2,1-3H3,(H,27,30). The van der Waals surface area contributed by atoms with Crippen LogP contribution in [0.2, 0.25) is 0 Å². The van der Waals surface area contributed by atoms with E-state index in [1.165, 1.54) is 0 Å². The summed E-state index contributed by atoms with van der Waals surface area (Å²) in [5.41, 5.74) is 4.07. The van der Waals surface area contributed by atoms with Gasteiger partial charge in [0.2, 0.25) is 0 Å². The van der Waals surface area contributed by atoms with Crippen LogP contribution in [0.1, 0.15) is 25.8 Å². The molecule has 1 aliphatic heterocycles. The average Bonchev–Trinajstić information content (AvgIpc) is 3.16. The fraction of sp³-hybridized carbons (Fsp3) is 0.360. The fourth-order valence-electron chi connectivity index (χ4n) is 4.03. The van der Waals surface area contributed by atoms with E-state index in [1.807, 2.05) is 43.0 Å². The van der Waals surface area contributed by atoms with Crippen LogP contribution in [-0.2, 0) is 4.79 Å². The van der Waals surface area contributed by atoms with Crippen molar-refractivity contribution in [3.63, 3.8) is 0 Å². The molecular formula is C25H28BN3O4.